The van der Waals surface area contributed by atoms with Gasteiger partial charge in [0.15, 0.2) is 0 Å². The Hall–Kier alpha value is -1.69. The van der Waals surface area contributed by atoms with Gasteiger partial charge in [-0.05, 0) is 12.1 Å². The fraction of sp³-hybridized carbons (Fsp3) is 0.200. The first-order valence-corrected chi connectivity index (χ1v) is 5.16. The molecular weight excluding hydrogens is 254 g/mol. The number of ether oxygens (including phenoxy) is 1. The number of aromatic nitrogens is 2. The molecule has 1 aromatic heterocycles. The van der Waals surface area contributed by atoms with Gasteiger partial charge in [0.25, 0.3) is 5.89 Å². The van der Waals surface area contributed by atoms with Crippen LogP contribution in [0, 0.1) is 0 Å². The van der Waals surface area contributed by atoms with Crippen molar-refractivity contribution in [1.29, 1.82) is 0 Å². The van der Waals surface area contributed by atoms with E-state index in [4.69, 9.17) is 16.0 Å². The molecule has 7 heteroatoms. The largest absolute Gasteiger partial charge is 0.434 e. The molecule has 0 N–H and O–H groups in total. The number of nitrogens with zero attached hydrogens (tertiary/aromatic N) is 2. The van der Waals surface area contributed by atoms with Crippen LogP contribution in [0.5, 0.6) is 5.75 Å². The van der Waals surface area contributed by atoms with Crippen LogP contribution in [0.3, 0.4) is 0 Å². The van der Waals surface area contributed by atoms with Crippen LogP contribution < -0.4 is 4.74 Å². The highest BCUT2D eigenvalue weighted by Crippen LogP contribution is 2.29. The second kappa shape index (κ2) is 5.09. The Balaban J connectivity index is 2.36. The van der Waals surface area contributed by atoms with Crippen LogP contribution in [0.4, 0.5) is 8.78 Å². The molecule has 0 unspecified atom stereocenters. The third-order valence-electron chi connectivity index (χ3n) is 1.91. The molecule has 4 nitrogen and oxygen atoms in total. The van der Waals surface area contributed by atoms with Crippen molar-refractivity contribution in [2.45, 2.75) is 12.5 Å². The van der Waals surface area contributed by atoms with Gasteiger partial charge in [0, 0.05) is 0 Å². The van der Waals surface area contributed by atoms with E-state index < -0.39 is 6.61 Å². The highest BCUT2D eigenvalue weighted by molar-refractivity contribution is 6.16. The van der Waals surface area contributed by atoms with Gasteiger partial charge in [-0.1, -0.05) is 12.1 Å². The Morgan fingerprint density at radius 1 is 1.29 bits per heavy atom. The lowest BCUT2D eigenvalue weighted by Gasteiger charge is -2.07. The van der Waals surface area contributed by atoms with Crippen molar-refractivity contribution in [2.75, 3.05) is 0 Å². The molecule has 0 atom stereocenters. The Morgan fingerprint density at radius 2 is 2.06 bits per heavy atom. The van der Waals surface area contributed by atoms with Crippen LogP contribution in [-0.4, -0.2) is 16.8 Å². The second-order valence-electron chi connectivity index (χ2n) is 3.01. The number of rotatable bonds is 4. The van der Waals surface area contributed by atoms with Gasteiger partial charge in [0.1, 0.15) is 11.6 Å². The zero-order valence-corrected chi connectivity index (χ0v) is 9.19. The molecule has 0 aliphatic rings. The zero-order chi connectivity index (χ0) is 12.3. The predicted molar refractivity (Wildman–Crippen MR) is 55.9 cm³/mol. The first kappa shape index (κ1) is 11.8. The Bertz CT molecular complexity index is 505. The van der Waals surface area contributed by atoms with E-state index in [1.165, 1.54) is 6.07 Å². The summed E-state index contributed by atoms with van der Waals surface area (Å²) in [5.74, 6) is 0.350. The van der Waals surface area contributed by atoms with E-state index in [0.29, 0.717) is 5.56 Å². The first-order chi connectivity index (χ1) is 8.20. The predicted octanol–water partition coefficient (Wildman–Crippen LogP) is 3.08. The number of para-hydroxylation sites is 1. The molecule has 0 saturated carbocycles. The molecule has 0 saturated heterocycles. The van der Waals surface area contributed by atoms with Gasteiger partial charge in [-0.25, -0.2) is 0 Å². The van der Waals surface area contributed by atoms with Crippen LogP contribution in [0.25, 0.3) is 11.5 Å². The molecule has 1 aromatic carbocycles. The summed E-state index contributed by atoms with van der Waals surface area (Å²) in [5.41, 5.74) is 0.302. The minimum Gasteiger partial charge on any atom is -0.434 e. The number of hydrogen-bond acceptors (Lipinski definition) is 4. The number of alkyl halides is 3. The molecule has 2 aromatic rings. The topological polar surface area (TPSA) is 48.2 Å². The van der Waals surface area contributed by atoms with Crippen molar-refractivity contribution < 1.29 is 17.9 Å². The molecule has 90 valence electrons. The van der Waals surface area contributed by atoms with Crippen LogP contribution in [0.15, 0.2) is 28.7 Å². The summed E-state index contributed by atoms with van der Waals surface area (Å²) in [6.07, 6.45) is 0. The lowest BCUT2D eigenvalue weighted by molar-refractivity contribution is -0.0495. The Kier molecular flexibility index (Phi) is 3.53. The van der Waals surface area contributed by atoms with Gasteiger partial charge >= 0.3 is 6.61 Å². The lowest BCUT2D eigenvalue weighted by Crippen LogP contribution is -2.03. The maximum Gasteiger partial charge on any atom is 0.387 e. The van der Waals surface area contributed by atoms with Crippen LogP contribution in [0.1, 0.15) is 5.89 Å². The summed E-state index contributed by atoms with van der Waals surface area (Å²) in [7, 11) is 0. The SMILES string of the molecule is FC(F)Oc1ccccc1-c1nnc(CCl)o1. The normalized spacial score (nSPS) is 10.8. The molecule has 0 aliphatic carbocycles. The van der Waals surface area contributed by atoms with Crippen molar-refractivity contribution in [2.24, 2.45) is 0 Å². The average molecular weight is 261 g/mol. The molecule has 2 rings (SSSR count). The Morgan fingerprint density at radius 3 is 2.71 bits per heavy atom. The van der Waals surface area contributed by atoms with Crippen LogP contribution in [0.2, 0.25) is 0 Å². The summed E-state index contributed by atoms with van der Waals surface area (Å²) >= 11 is 5.50. The van der Waals surface area contributed by atoms with E-state index in [9.17, 15) is 8.78 Å². The van der Waals surface area contributed by atoms with Crippen LogP contribution >= 0.6 is 11.6 Å². The third-order valence-corrected chi connectivity index (χ3v) is 2.14. The lowest BCUT2D eigenvalue weighted by atomic mass is 10.2. The zero-order valence-electron chi connectivity index (χ0n) is 8.44. The number of benzene rings is 1. The molecule has 0 radical (unpaired) electrons. The maximum absolute atomic E-state index is 12.2. The minimum absolute atomic E-state index is 0.0210. The fourth-order valence-electron chi connectivity index (χ4n) is 1.26. The minimum atomic E-state index is -2.91. The summed E-state index contributed by atoms with van der Waals surface area (Å²) in [4.78, 5) is 0. The maximum atomic E-state index is 12.2. The standard InChI is InChI=1S/C10H7ClF2N2O2/c11-5-8-14-15-9(17-8)6-3-1-2-4-7(6)16-10(12)13/h1-4,10H,5H2. The molecule has 0 aliphatic heterocycles. The van der Waals surface area contributed by atoms with Crippen LogP contribution in [-0.2, 0) is 5.88 Å². The van der Waals surface area contributed by atoms with Gasteiger partial charge in [0.05, 0.1) is 5.56 Å². The monoisotopic (exact) mass is 260 g/mol. The Labute approximate surface area is 100 Å². The molecule has 0 fully saturated rings. The second-order valence-corrected chi connectivity index (χ2v) is 3.28. The van der Waals surface area contributed by atoms with Crippen molar-refractivity contribution in [3.8, 4) is 17.2 Å². The van der Waals surface area contributed by atoms with Gasteiger partial charge in [0.2, 0.25) is 5.89 Å². The molecule has 1 heterocycles. The molecule has 17 heavy (non-hydrogen) atoms. The van der Waals surface area contributed by atoms with E-state index in [1.54, 1.807) is 18.2 Å². The smallest absolute Gasteiger partial charge is 0.387 e. The van der Waals surface area contributed by atoms with Gasteiger partial charge in [-0.3, -0.25) is 0 Å². The van der Waals surface area contributed by atoms with Gasteiger partial charge < -0.3 is 9.15 Å². The van der Waals surface area contributed by atoms with E-state index in [1.807, 2.05) is 0 Å². The number of halogens is 3. The van der Waals surface area contributed by atoms with Crippen molar-refractivity contribution in [3.63, 3.8) is 0 Å². The fourth-order valence-corrected chi connectivity index (χ4v) is 1.37. The highest BCUT2D eigenvalue weighted by Gasteiger charge is 2.15. The summed E-state index contributed by atoms with van der Waals surface area (Å²) in [6.45, 7) is -2.91. The van der Waals surface area contributed by atoms with Gasteiger partial charge in [-0.2, -0.15) is 8.78 Å². The van der Waals surface area contributed by atoms with E-state index in [2.05, 4.69) is 14.9 Å². The van der Waals surface area contributed by atoms with Crippen molar-refractivity contribution >= 4 is 11.6 Å². The van der Waals surface area contributed by atoms with E-state index in [-0.39, 0.29) is 23.4 Å². The van der Waals surface area contributed by atoms with Gasteiger partial charge in [-0.15, -0.1) is 21.8 Å². The van der Waals surface area contributed by atoms with Crippen molar-refractivity contribution in [3.05, 3.63) is 30.2 Å². The van der Waals surface area contributed by atoms with E-state index >= 15 is 0 Å². The number of hydrogen-bond donors (Lipinski definition) is 0. The average Bonchev–Trinajstić information content (AvgIpc) is 2.77. The third kappa shape index (κ3) is 2.71. The molecule has 0 spiro atoms. The van der Waals surface area contributed by atoms with E-state index in [0.717, 1.165) is 0 Å². The molecule has 0 bridgehead atoms. The molecular formula is C10H7ClF2N2O2. The first-order valence-electron chi connectivity index (χ1n) is 4.63. The molecule has 0 amide bonds. The summed E-state index contributed by atoms with van der Waals surface area (Å²) in [6, 6.07) is 6.16. The quantitative estimate of drug-likeness (QED) is 0.793. The highest BCUT2D eigenvalue weighted by atomic mass is 35.5. The summed E-state index contributed by atoms with van der Waals surface area (Å²) in [5, 5.41) is 7.34. The van der Waals surface area contributed by atoms with Crippen molar-refractivity contribution in [1.82, 2.24) is 10.2 Å². The summed E-state index contributed by atoms with van der Waals surface area (Å²) < 4.78 is 33.9.